The maximum absolute atomic E-state index is 14.0. The summed E-state index contributed by atoms with van der Waals surface area (Å²) < 4.78 is 14.0. The number of Topliss-reactive ketones (excluding diaryl/α,β-unsaturated/α-hetero) is 1. The number of aryl methyl sites for hydroxylation is 1. The molecular weight excluding hydrogens is 873 g/mol. The highest BCUT2D eigenvalue weighted by molar-refractivity contribution is 6.03. The first-order valence-corrected chi connectivity index (χ1v) is 24.3. The Balaban J connectivity index is 0.716. The minimum atomic E-state index is -1.46. The van der Waals surface area contributed by atoms with E-state index in [-0.39, 0.29) is 64.9 Å². The Morgan fingerprint density at radius 3 is 2.13 bits per heavy atom. The fourth-order valence-electron chi connectivity index (χ4n) is 10.4. The van der Waals surface area contributed by atoms with Gasteiger partial charge in [0, 0.05) is 82.9 Å². The van der Waals surface area contributed by atoms with Gasteiger partial charge < -0.3 is 39.8 Å². The van der Waals surface area contributed by atoms with E-state index in [4.69, 9.17) is 9.47 Å². The molecule has 0 saturated heterocycles. The molecule has 3 heterocycles. The van der Waals surface area contributed by atoms with Crippen molar-refractivity contribution in [2.24, 2.45) is 11.8 Å². The second-order valence-electron chi connectivity index (χ2n) is 18.4. The van der Waals surface area contributed by atoms with Gasteiger partial charge in [0.15, 0.2) is 11.4 Å². The zero-order valence-electron chi connectivity index (χ0n) is 39.1. The number of nitrogens with one attached hydrogen (secondary N) is 2. The number of unbranched alkanes of at least 4 members (excludes halogenated alkanes) is 3. The van der Waals surface area contributed by atoms with Crippen LogP contribution in [0.25, 0.3) is 10.9 Å². The van der Waals surface area contributed by atoms with Crippen LogP contribution in [-0.4, -0.2) is 63.9 Å². The second kappa shape index (κ2) is 20.0. The molecule has 5 aromatic carbocycles. The van der Waals surface area contributed by atoms with Gasteiger partial charge in [0.05, 0.1) is 11.3 Å². The van der Waals surface area contributed by atoms with E-state index >= 15 is 0 Å². The van der Waals surface area contributed by atoms with Gasteiger partial charge in [-0.05, 0) is 130 Å². The predicted molar refractivity (Wildman–Crippen MR) is 262 cm³/mol. The zero-order chi connectivity index (χ0) is 48.2. The van der Waals surface area contributed by atoms with Crippen molar-refractivity contribution < 1.29 is 43.7 Å². The number of amides is 3. The van der Waals surface area contributed by atoms with Crippen molar-refractivity contribution in [1.82, 2.24) is 15.2 Å². The summed E-state index contributed by atoms with van der Waals surface area (Å²) in [5.74, 6) is -0.357. The molecule has 4 N–H and O–H groups in total. The number of hydrogen-bond donors (Lipinski definition) is 4. The van der Waals surface area contributed by atoms with Crippen molar-refractivity contribution in [3.8, 4) is 23.0 Å². The van der Waals surface area contributed by atoms with Gasteiger partial charge >= 0.3 is 5.97 Å². The summed E-state index contributed by atoms with van der Waals surface area (Å²) >= 11 is 0. The predicted octanol–water partition coefficient (Wildman–Crippen LogP) is 9.72. The Kier molecular flexibility index (Phi) is 13.6. The SMILES string of the molecule is CCc1cccc(N(CC)C(=O)Cn2c(C(=O)CC3CCC(C(=O)NCCCCCCNC(=O)c4ccc5c(c4)C4(OC5=O)c5ccc(O)cc5Oc5cc(O)ccc54)CC3)cc3ccccc32)c1. The number of hydrogen-bond acceptors (Lipinski definition) is 9. The van der Waals surface area contributed by atoms with E-state index in [9.17, 15) is 34.2 Å². The van der Waals surface area contributed by atoms with E-state index in [0.717, 1.165) is 79.9 Å². The summed E-state index contributed by atoms with van der Waals surface area (Å²) in [7, 11) is 0. The maximum Gasteiger partial charge on any atom is 0.340 e. The lowest BCUT2D eigenvalue weighted by Crippen LogP contribution is -2.35. The monoisotopic (exact) mass is 930 g/mol. The average molecular weight is 931 g/mol. The van der Waals surface area contributed by atoms with Crippen molar-refractivity contribution in [2.75, 3.05) is 24.5 Å². The van der Waals surface area contributed by atoms with Crippen LogP contribution in [0.5, 0.6) is 23.0 Å². The molecule has 69 heavy (non-hydrogen) atoms. The Labute approximate surface area is 401 Å². The quantitative estimate of drug-likeness (QED) is 0.0394. The molecule has 356 valence electrons. The van der Waals surface area contributed by atoms with Crippen LogP contribution in [0.2, 0.25) is 0 Å². The Bertz CT molecular complexity index is 2900. The molecule has 1 saturated carbocycles. The fourth-order valence-corrected chi connectivity index (χ4v) is 10.4. The molecule has 1 aromatic heterocycles. The number of fused-ring (bicyclic) bond motifs is 7. The standard InChI is InChI=1S/C56H58N4O9/c1-3-35-12-11-14-40(28-35)59(4-2)52(64)34-60-47-15-8-7-13-38(47)31-48(60)49(63)29-36-16-18-37(19-17-36)53(65)57-26-9-5-6-10-27-58-54(66)39-20-23-43-46(30-39)56(69-55(43)67)44-24-21-41(61)32-50(44)68-51-33-42(62)22-25-45(51)56/h7-8,11-15,20-25,28,30-33,36-37,61-62H,3-6,9-10,16-19,26-27,29,34H2,1-2H3,(H,57,65)(H,58,66). The van der Waals surface area contributed by atoms with Crippen molar-refractivity contribution in [3.05, 3.63) is 148 Å². The Hall–Kier alpha value is -7.41. The summed E-state index contributed by atoms with van der Waals surface area (Å²) in [5.41, 5.74) is 4.03. The third kappa shape index (κ3) is 9.42. The van der Waals surface area contributed by atoms with Crippen molar-refractivity contribution in [1.29, 1.82) is 0 Å². The molecular formula is C56H58N4O9. The number of esters is 1. The number of benzene rings is 5. The number of para-hydroxylation sites is 1. The number of nitrogens with zero attached hydrogens (tertiary/aromatic N) is 2. The lowest BCUT2D eigenvalue weighted by Gasteiger charge is -2.36. The number of ether oxygens (including phenoxy) is 2. The number of anilines is 1. The average Bonchev–Trinajstić information content (AvgIpc) is 3.86. The van der Waals surface area contributed by atoms with Gasteiger partial charge in [-0.25, -0.2) is 4.79 Å². The van der Waals surface area contributed by atoms with Crippen molar-refractivity contribution in [3.63, 3.8) is 0 Å². The molecule has 0 bridgehead atoms. The first kappa shape index (κ1) is 46.7. The Morgan fingerprint density at radius 1 is 0.739 bits per heavy atom. The van der Waals surface area contributed by atoms with Crippen LogP contribution in [0.1, 0.15) is 125 Å². The van der Waals surface area contributed by atoms with Crippen LogP contribution in [-0.2, 0) is 32.9 Å². The normalized spacial score (nSPS) is 16.5. The van der Waals surface area contributed by atoms with Crippen molar-refractivity contribution in [2.45, 2.75) is 90.2 Å². The summed E-state index contributed by atoms with van der Waals surface area (Å²) in [6.45, 7) is 5.65. The molecule has 2 aliphatic heterocycles. The molecule has 0 radical (unpaired) electrons. The van der Waals surface area contributed by atoms with E-state index < -0.39 is 11.6 Å². The number of carbonyl (C=O) groups is 5. The Morgan fingerprint density at radius 2 is 1.43 bits per heavy atom. The van der Waals surface area contributed by atoms with Gasteiger partial charge in [-0.15, -0.1) is 0 Å². The third-order valence-electron chi connectivity index (χ3n) is 14.1. The highest BCUT2D eigenvalue weighted by atomic mass is 16.6. The molecule has 0 unspecified atom stereocenters. The largest absolute Gasteiger partial charge is 0.508 e. The molecule has 3 aliphatic rings. The molecule has 1 fully saturated rings. The number of aromatic hydroxyl groups is 2. The van der Waals surface area contributed by atoms with E-state index in [1.54, 1.807) is 35.2 Å². The van der Waals surface area contributed by atoms with E-state index in [0.29, 0.717) is 59.6 Å². The number of ketones is 1. The maximum atomic E-state index is 14.0. The van der Waals surface area contributed by atoms with Crippen LogP contribution < -0.4 is 20.3 Å². The minimum absolute atomic E-state index is 0.0197. The first-order valence-electron chi connectivity index (χ1n) is 24.3. The van der Waals surface area contributed by atoms with Crippen molar-refractivity contribution >= 4 is 46.1 Å². The summed E-state index contributed by atoms with van der Waals surface area (Å²) in [4.78, 5) is 69.5. The topological polar surface area (TPSA) is 176 Å². The summed E-state index contributed by atoms with van der Waals surface area (Å²) in [6.07, 6.45) is 7.57. The molecule has 13 heteroatoms. The highest BCUT2D eigenvalue weighted by Crippen LogP contribution is 2.57. The molecule has 13 nitrogen and oxygen atoms in total. The molecule has 9 rings (SSSR count). The van der Waals surface area contributed by atoms with E-state index in [1.807, 2.05) is 54.0 Å². The smallest absolute Gasteiger partial charge is 0.340 e. The third-order valence-corrected chi connectivity index (χ3v) is 14.1. The zero-order valence-corrected chi connectivity index (χ0v) is 39.1. The van der Waals surface area contributed by atoms with Gasteiger partial charge in [-0.3, -0.25) is 19.2 Å². The van der Waals surface area contributed by atoms with Gasteiger partial charge in [-0.2, -0.15) is 0 Å². The lowest BCUT2D eigenvalue weighted by molar-refractivity contribution is -0.126. The van der Waals surface area contributed by atoms with Gasteiger partial charge in [-0.1, -0.05) is 50.1 Å². The van der Waals surface area contributed by atoms with Gasteiger partial charge in [0.2, 0.25) is 11.8 Å². The van der Waals surface area contributed by atoms with Gasteiger partial charge in [0.25, 0.3) is 5.91 Å². The van der Waals surface area contributed by atoms with Crippen LogP contribution in [0.3, 0.4) is 0 Å². The van der Waals surface area contributed by atoms with E-state index in [1.165, 1.54) is 24.3 Å². The molecule has 3 amide bonds. The number of phenols is 2. The first-order chi connectivity index (χ1) is 33.5. The summed E-state index contributed by atoms with van der Waals surface area (Å²) in [6, 6.07) is 31.7. The number of aromatic nitrogens is 1. The highest BCUT2D eigenvalue weighted by Gasteiger charge is 2.54. The fraction of sp³-hybridized carbons (Fsp3) is 0.339. The second-order valence-corrected chi connectivity index (χ2v) is 18.4. The molecule has 6 aromatic rings. The molecule has 1 spiro atoms. The van der Waals surface area contributed by atoms with Gasteiger partial charge in [0.1, 0.15) is 29.5 Å². The number of likely N-dealkylation sites (N-methyl/N-ethyl adjacent to an activating group) is 1. The van der Waals surface area contributed by atoms with Crippen LogP contribution in [0.4, 0.5) is 5.69 Å². The number of carbonyl (C=O) groups excluding carboxylic acids is 5. The molecule has 1 aliphatic carbocycles. The number of phenolic OH excluding ortho intramolecular Hbond substituents is 2. The minimum Gasteiger partial charge on any atom is -0.508 e. The van der Waals surface area contributed by atoms with Crippen LogP contribution >= 0.6 is 0 Å². The van der Waals surface area contributed by atoms with Crippen LogP contribution in [0.15, 0.2) is 109 Å². The molecule has 0 atom stereocenters. The lowest BCUT2D eigenvalue weighted by atomic mass is 9.77. The van der Waals surface area contributed by atoms with Crippen LogP contribution in [0, 0.1) is 11.8 Å². The number of rotatable bonds is 17. The van der Waals surface area contributed by atoms with E-state index in [2.05, 4.69) is 29.7 Å². The summed E-state index contributed by atoms with van der Waals surface area (Å²) in [5, 5.41) is 27.5.